The van der Waals surface area contributed by atoms with E-state index in [1.165, 1.54) is 40.2 Å². The van der Waals surface area contributed by atoms with Crippen molar-refractivity contribution in [2.24, 2.45) is 23.4 Å². The van der Waals surface area contributed by atoms with Gasteiger partial charge in [0, 0.05) is 47.8 Å². The van der Waals surface area contributed by atoms with Crippen molar-refractivity contribution < 1.29 is 39.6 Å². The van der Waals surface area contributed by atoms with Crippen molar-refractivity contribution in [2.75, 3.05) is 27.3 Å². The highest BCUT2D eigenvalue weighted by Crippen LogP contribution is 2.44. The summed E-state index contributed by atoms with van der Waals surface area (Å²) in [7, 11) is 2.61. The Morgan fingerprint density at radius 3 is 2.70 bits per heavy atom. The molecule has 0 amide bonds. The Morgan fingerprint density at radius 1 is 1.37 bits per heavy atom. The molecule has 6 heteroatoms. The highest BCUT2D eigenvalue weighted by molar-refractivity contribution is 5.76. The largest absolute Gasteiger partial charge is 0.493 e. The molecule has 4 atom stereocenters. The van der Waals surface area contributed by atoms with Gasteiger partial charge in [-0.3, -0.25) is 9.69 Å². The van der Waals surface area contributed by atoms with E-state index in [0.717, 1.165) is 4.90 Å². The van der Waals surface area contributed by atoms with Gasteiger partial charge in [0.2, 0.25) is 0 Å². The maximum atomic E-state index is 13.7. The first-order valence-electron chi connectivity index (χ1n) is 17.1. The van der Waals surface area contributed by atoms with E-state index in [1.807, 2.05) is 0 Å². The standard InChI is InChI=1S/C24H38N2O4/c1-14(2)9-17-13-26-8-7-16-10-21(28-5)22(29-6)11-18(16)19(26)12-20(17)30-24(27)23(25)15(3)4/h10-11,14-15,17,19-20,23H,7-9,12-13,25H2,1-6H3/t17?,19?,20?,23-/m0/s1/i3D3,4D3,12D2,13D2,15D,17D,19D,20D,23D. The molecular formula is C24H38N2O4. The van der Waals surface area contributed by atoms with E-state index in [2.05, 4.69) is 0 Å². The molecule has 2 N–H and O–H groups in total. The lowest BCUT2D eigenvalue weighted by atomic mass is 9.79. The van der Waals surface area contributed by atoms with Crippen molar-refractivity contribution in [3.8, 4) is 11.5 Å². The molecule has 2 aliphatic heterocycles. The number of hydrogen-bond acceptors (Lipinski definition) is 6. The topological polar surface area (TPSA) is 74.0 Å². The summed E-state index contributed by atoms with van der Waals surface area (Å²) in [6, 6.07) is -4.33. The Hall–Kier alpha value is -1.79. The van der Waals surface area contributed by atoms with Crippen molar-refractivity contribution in [1.82, 2.24) is 4.90 Å². The number of carbonyl (C=O) groups is 1. The number of methoxy groups -OCH3 is 2. The van der Waals surface area contributed by atoms with Crippen LogP contribution in [0.25, 0.3) is 0 Å². The summed E-state index contributed by atoms with van der Waals surface area (Å²) in [6.07, 6.45) is -8.01. The van der Waals surface area contributed by atoms with Gasteiger partial charge in [-0.25, -0.2) is 0 Å². The zero-order chi connectivity index (χ0) is 35.2. The number of ether oxygens (including phenoxy) is 3. The second-order valence-corrected chi connectivity index (χ2v) is 7.44. The van der Waals surface area contributed by atoms with Gasteiger partial charge in [-0.1, -0.05) is 27.6 Å². The van der Waals surface area contributed by atoms with Gasteiger partial charge in [-0.15, -0.1) is 0 Å². The molecule has 6 nitrogen and oxygen atoms in total. The van der Waals surface area contributed by atoms with Gasteiger partial charge >= 0.3 is 5.97 Å². The molecule has 2 aliphatic rings. The van der Waals surface area contributed by atoms with Crippen LogP contribution in [0.15, 0.2) is 12.1 Å². The lowest BCUT2D eigenvalue weighted by Crippen LogP contribution is -2.51. The molecule has 30 heavy (non-hydrogen) atoms. The molecule has 1 saturated heterocycles. The summed E-state index contributed by atoms with van der Waals surface area (Å²) >= 11 is 0. The molecule has 0 aromatic heterocycles. The van der Waals surface area contributed by atoms with Gasteiger partial charge in [-0.05, 0) is 47.9 Å². The first-order valence-corrected chi connectivity index (χ1v) is 9.56. The summed E-state index contributed by atoms with van der Waals surface area (Å²) in [6.45, 7) is -8.29. The summed E-state index contributed by atoms with van der Waals surface area (Å²) in [5.41, 5.74) is 5.75. The van der Waals surface area contributed by atoms with Crippen LogP contribution >= 0.6 is 0 Å². The maximum Gasteiger partial charge on any atom is 0.323 e. The van der Waals surface area contributed by atoms with Crippen molar-refractivity contribution in [2.45, 2.75) is 64.9 Å². The van der Waals surface area contributed by atoms with E-state index in [-0.39, 0.29) is 35.6 Å². The number of piperidine rings is 1. The van der Waals surface area contributed by atoms with Gasteiger partial charge in [0.15, 0.2) is 11.5 Å². The van der Waals surface area contributed by atoms with E-state index in [0.29, 0.717) is 0 Å². The highest BCUT2D eigenvalue weighted by Gasteiger charge is 2.41. The number of nitrogens with two attached hydrogens (primary N) is 1. The molecule has 168 valence electrons. The molecule has 0 saturated carbocycles. The minimum absolute atomic E-state index is 0.0139. The zero-order valence-electron chi connectivity index (χ0n) is 32.5. The first kappa shape index (κ1) is 10.2. The molecule has 1 aromatic rings. The van der Waals surface area contributed by atoms with Crippen LogP contribution in [-0.2, 0) is 16.0 Å². The summed E-state index contributed by atoms with van der Waals surface area (Å²) in [5, 5.41) is 0. The number of benzene rings is 1. The van der Waals surface area contributed by atoms with Gasteiger partial charge in [0.05, 0.1) is 18.3 Å². The predicted molar refractivity (Wildman–Crippen MR) is 118 cm³/mol. The Balaban J connectivity index is 2.41. The molecule has 0 aliphatic carbocycles. The molecule has 0 spiro atoms. The van der Waals surface area contributed by atoms with Gasteiger partial charge in [0.1, 0.15) is 12.1 Å². The molecular weight excluding hydrogens is 380 g/mol. The van der Waals surface area contributed by atoms with Crippen molar-refractivity contribution in [3.63, 3.8) is 0 Å². The normalized spacial score (nSPS) is 45.2. The number of hydrogen-bond donors (Lipinski definition) is 1. The Bertz CT molecular complexity index is 1320. The lowest BCUT2D eigenvalue weighted by Gasteiger charge is -2.47. The number of rotatable bonds is 7. The van der Waals surface area contributed by atoms with Crippen LogP contribution in [0.3, 0.4) is 0 Å². The average Bonchev–Trinajstić information content (AvgIpc) is 2.88. The highest BCUT2D eigenvalue weighted by atomic mass is 16.5. The summed E-state index contributed by atoms with van der Waals surface area (Å²) in [5.74, 6) is -10.0. The van der Waals surface area contributed by atoms with Crippen molar-refractivity contribution >= 4 is 5.97 Å². The van der Waals surface area contributed by atoms with Gasteiger partial charge < -0.3 is 19.9 Å². The number of fused-ring (bicyclic) bond motifs is 3. The van der Waals surface area contributed by atoms with Crippen LogP contribution in [0.1, 0.15) is 78.1 Å². The summed E-state index contributed by atoms with van der Waals surface area (Å²) < 4.78 is 144. The Morgan fingerprint density at radius 2 is 2.07 bits per heavy atom. The SMILES string of the molecule is [2H]C([2H])([2H])C([2H])(C([2H])([2H])[2H])[C@]([2H])(N)C(=O)OC1([2H])C([2H])([2H])C2([2H])c3cc(OC)c(OC)cc3CCN2C([2H])([2H])C1([2H])CC(C)C. The van der Waals surface area contributed by atoms with Gasteiger partial charge in [0.25, 0.3) is 0 Å². The molecule has 2 heterocycles. The maximum absolute atomic E-state index is 13.7. The minimum atomic E-state index is -4.09. The number of esters is 1. The third-order valence-electron chi connectivity index (χ3n) is 4.81. The monoisotopic (exact) mass is 433 g/mol. The van der Waals surface area contributed by atoms with Crippen LogP contribution < -0.4 is 15.2 Å². The van der Waals surface area contributed by atoms with Crippen LogP contribution in [0.4, 0.5) is 0 Å². The Kier molecular flexibility index (Phi) is 3.26. The minimum Gasteiger partial charge on any atom is -0.493 e. The fourth-order valence-electron chi connectivity index (χ4n) is 3.36. The van der Waals surface area contributed by atoms with Crippen LogP contribution in [0.5, 0.6) is 11.5 Å². The van der Waals surface area contributed by atoms with E-state index in [1.54, 1.807) is 0 Å². The van der Waals surface area contributed by atoms with Crippen molar-refractivity contribution in [1.29, 1.82) is 0 Å². The van der Waals surface area contributed by atoms with Crippen LogP contribution in [0.2, 0.25) is 0 Å². The summed E-state index contributed by atoms with van der Waals surface area (Å²) in [4.78, 5) is 14.4. The van der Waals surface area contributed by atoms with E-state index >= 15 is 0 Å². The van der Waals surface area contributed by atoms with Crippen molar-refractivity contribution in [3.05, 3.63) is 23.3 Å². The lowest BCUT2D eigenvalue weighted by molar-refractivity contribution is -0.160. The van der Waals surface area contributed by atoms with E-state index in [9.17, 15) is 11.6 Å². The number of carbonyl (C=O) groups excluding carboxylic acids is 1. The molecule has 3 unspecified atom stereocenters. The molecule has 3 rings (SSSR count). The zero-order valence-corrected chi connectivity index (χ0v) is 17.5. The molecule has 0 bridgehead atoms. The molecule has 1 aromatic carbocycles. The van der Waals surface area contributed by atoms with Crippen LogP contribution in [0, 0.1) is 17.7 Å². The number of nitrogens with zero attached hydrogens (tertiary/aromatic N) is 1. The predicted octanol–water partition coefficient (Wildman–Crippen LogP) is 3.56. The van der Waals surface area contributed by atoms with E-state index < -0.39 is 74.8 Å². The fraction of sp³-hybridized carbons (Fsp3) is 0.708. The molecule has 1 fully saturated rings. The smallest absolute Gasteiger partial charge is 0.323 e. The second-order valence-electron chi connectivity index (χ2n) is 7.44. The van der Waals surface area contributed by atoms with Crippen LogP contribution in [-0.4, -0.2) is 50.2 Å². The quantitative estimate of drug-likeness (QED) is 0.663. The third kappa shape index (κ3) is 4.75. The average molecular weight is 434 g/mol. The fourth-order valence-corrected chi connectivity index (χ4v) is 3.36. The third-order valence-corrected chi connectivity index (χ3v) is 4.81. The van der Waals surface area contributed by atoms with E-state index in [4.69, 9.17) is 33.7 Å². The Labute approximate surface area is 202 Å². The first-order chi connectivity index (χ1) is 20.0. The second kappa shape index (κ2) is 9.56. The molecule has 0 radical (unpaired) electrons. The van der Waals surface area contributed by atoms with Gasteiger partial charge in [-0.2, -0.15) is 0 Å².